The fraction of sp³-hybridized carbons (Fsp3) is 0.174. The summed E-state index contributed by atoms with van der Waals surface area (Å²) >= 11 is 1.39. The summed E-state index contributed by atoms with van der Waals surface area (Å²) in [4.78, 5) is 31.0. The Hall–Kier alpha value is -3.32. The van der Waals surface area contributed by atoms with Crippen molar-refractivity contribution in [1.82, 2.24) is 4.90 Å². The average molecular weight is 423 g/mol. The second-order valence-corrected chi connectivity index (χ2v) is 7.30. The number of hydrogen-bond donors (Lipinski definition) is 0. The second kappa shape index (κ2) is 10.5. The summed E-state index contributed by atoms with van der Waals surface area (Å²) in [5.74, 6) is 1.33. The maximum Gasteiger partial charge on any atom is 0.259 e. The molecule has 0 unspecified atom stereocenters. The molecule has 0 saturated heterocycles. The van der Waals surface area contributed by atoms with Gasteiger partial charge in [-0.1, -0.05) is 36.0 Å². The first-order valence-corrected chi connectivity index (χ1v) is 10.3. The molecule has 7 heteroatoms. The van der Waals surface area contributed by atoms with Gasteiger partial charge in [-0.3, -0.25) is 14.6 Å². The number of methoxy groups -OCH3 is 2. The molecule has 6 nitrogen and oxygen atoms in total. The van der Waals surface area contributed by atoms with E-state index in [0.717, 1.165) is 33.3 Å². The molecule has 0 fully saturated rings. The first-order chi connectivity index (χ1) is 14.6. The highest BCUT2D eigenvalue weighted by atomic mass is 32.2. The summed E-state index contributed by atoms with van der Waals surface area (Å²) in [7, 11) is 3.19. The molecular formula is C23H22N2O4S. The molecule has 1 heterocycles. The van der Waals surface area contributed by atoms with Crippen LogP contribution in [0.3, 0.4) is 0 Å². The molecule has 2 amide bonds. The van der Waals surface area contributed by atoms with Crippen LogP contribution < -0.4 is 9.47 Å². The van der Waals surface area contributed by atoms with Gasteiger partial charge >= 0.3 is 0 Å². The number of hydrogen-bond acceptors (Lipinski definition) is 6. The number of carbonyl (C=O) groups is 2. The van der Waals surface area contributed by atoms with Crippen molar-refractivity contribution < 1.29 is 19.1 Å². The van der Waals surface area contributed by atoms with Crippen molar-refractivity contribution in [3.05, 3.63) is 71.8 Å². The Bertz CT molecular complexity index is 910. The molecule has 0 aromatic heterocycles. The van der Waals surface area contributed by atoms with Gasteiger partial charge < -0.3 is 9.47 Å². The third-order valence-electron chi connectivity index (χ3n) is 4.27. The molecule has 3 rings (SSSR count). The van der Waals surface area contributed by atoms with Crippen molar-refractivity contribution in [3.8, 4) is 11.5 Å². The minimum atomic E-state index is -0.441. The molecule has 2 aromatic carbocycles. The zero-order valence-corrected chi connectivity index (χ0v) is 17.6. The van der Waals surface area contributed by atoms with Crippen molar-refractivity contribution in [2.45, 2.75) is 0 Å². The molecular weight excluding hydrogens is 400 g/mol. The first-order valence-electron chi connectivity index (χ1n) is 9.30. The second-order valence-electron chi connectivity index (χ2n) is 6.24. The summed E-state index contributed by atoms with van der Waals surface area (Å²) < 4.78 is 10.3. The van der Waals surface area contributed by atoms with Crippen LogP contribution in [0.5, 0.6) is 11.5 Å². The molecule has 0 atom stereocenters. The van der Waals surface area contributed by atoms with Crippen LogP contribution in [-0.4, -0.2) is 48.4 Å². The van der Waals surface area contributed by atoms with E-state index in [9.17, 15) is 9.59 Å². The van der Waals surface area contributed by atoms with Crippen LogP contribution in [0.2, 0.25) is 0 Å². The van der Waals surface area contributed by atoms with Crippen LogP contribution in [-0.2, 0) is 9.59 Å². The monoisotopic (exact) mass is 422 g/mol. The van der Waals surface area contributed by atoms with Crippen LogP contribution in [0.25, 0.3) is 12.2 Å². The van der Waals surface area contributed by atoms with Gasteiger partial charge in [0, 0.05) is 17.9 Å². The molecule has 0 radical (unpaired) electrons. The van der Waals surface area contributed by atoms with Gasteiger partial charge in [-0.2, -0.15) is 0 Å². The molecule has 0 N–H and O–H groups in total. The Labute approximate surface area is 179 Å². The van der Waals surface area contributed by atoms with Crippen molar-refractivity contribution >= 4 is 40.9 Å². The van der Waals surface area contributed by atoms with E-state index in [0.29, 0.717) is 11.7 Å². The van der Waals surface area contributed by atoms with Crippen LogP contribution >= 0.6 is 11.8 Å². The molecule has 0 bridgehead atoms. The number of amidine groups is 1. The number of carbonyl (C=O) groups excluding carboxylic acids is 2. The third-order valence-corrected chi connectivity index (χ3v) is 5.23. The zero-order valence-electron chi connectivity index (χ0n) is 16.8. The largest absolute Gasteiger partial charge is 0.497 e. The molecule has 0 spiro atoms. The van der Waals surface area contributed by atoms with E-state index in [-0.39, 0.29) is 0 Å². The van der Waals surface area contributed by atoms with Gasteiger partial charge in [0.25, 0.3) is 11.8 Å². The highest BCUT2D eigenvalue weighted by Crippen LogP contribution is 2.18. The van der Waals surface area contributed by atoms with Crippen LogP contribution in [0, 0.1) is 0 Å². The summed E-state index contributed by atoms with van der Waals surface area (Å²) in [6, 6.07) is 14.6. The lowest BCUT2D eigenvalue weighted by Crippen LogP contribution is -2.37. The Balaban J connectivity index is 1.75. The van der Waals surface area contributed by atoms with Gasteiger partial charge in [0.15, 0.2) is 5.17 Å². The summed E-state index contributed by atoms with van der Waals surface area (Å²) in [6.07, 6.45) is 6.08. The third kappa shape index (κ3) is 5.61. The van der Waals surface area contributed by atoms with Crippen molar-refractivity contribution in [2.24, 2.45) is 4.99 Å². The number of rotatable bonds is 6. The number of benzene rings is 2. The fourth-order valence-electron chi connectivity index (χ4n) is 2.67. The predicted octanol–water partition coefficient (Wildman–Crippen LogP) is 3.89. The number of aliphatic imine (C=N–C) groups is 1. The van der Waals surface area contributed by atoms with Gasteiger partial charge in [0.1, 0.15) is 11.5 Å². The van der Waals surface area contributed by atoms with Crippen LogP contribution in [0.15, 0.2) is 65.7 Å². The Kier molecular flexibility index (Phi) is 7.45. The van der Waals surface area contributed by atoms with Gasteiger partial charge in [-0.25, -0.2) is 4.90 Å². The standard InChI is InChI=1S/C23H22N2O4S/c1-28-19-9-3-17(4-10-19)7-13-21(26)25(23-24-15-16-30-23)22(27)14-8-18-5-11-20(29-2)12-6-18/h3-14H,15-16H2,1-2H3/b13-7+,14-8+. The number of ether oxygens (including phenoxy) is 2. The van der Waals surface area contributed by atoms with Crippen LogP contribution in [0.4, 0.5) is 0 Å². The molecule has 0 saturated carbocycles. The summed E-state index contributed by atoms with van der Waals surface area (Å²) in [5, 5.41) is 0.420. The lowest BCUT2D eigenvalue weighted by atomic mass is 10.2. The highest BCUT2D eigenvalue weighted by Gasteiger charge is 2.25. The van der Waals surface area contributed by atoms with E-state index < -0.39 is 11.8 Å². The van der Waals surface area contributed by atoms with E-state index >= 15 is 0 Å². The SMILES string of the molecule is COc1ccc(/C=C/C(=O)N(C(=O)/C=C/c2ccc(OC)cc2)C2=NCCS2)cc1. The van der Waals surface area contributed by atoms with E-state index in [2.05, 4.69) is 4.99 Å². The lowest BCUT2D eigenvalue weighted by molar-refractivity contribution is -0.133. The zero-order chi connectivity index (χ0) is 21.3. The van der Waals surface area contributed by atoms with Crippen molar-refractivity contribution in [3.63, 3.8) is 0 Å². The van der Waals surface area contributed by atoms with Gasteiger partial charge in [-0.05, 0) is 47.5 Å². The van der Waals surface area contributed by atoms with E-state index in [4.69, 9.17) is 9.47 Å². The number of amides is 2. The minimum Gasteiger partial charge on any atom is -0.497 e. The molecule has 154 valence electrons. The van der Waals surface area contributed by atoms with E-state index in [1.807, 2.05) is 48.5 Å². The maximum atomic E-state index is 12.8. The lowest BCUT2D eigenvalue weighted by Gasteiger charge is -2.16. The Morgan fingerprint density at radius 3 is 1.70 bits per heavy atom. The fourth-order valence-corrected chi connectivity index (χ4v) is 3.53. The molecule has 0 aliphatic carbocycles. The topological polar surface area (TPSA) is 68.2 Å². The normalized spacial score (nSPS) is 13.5. The van der Waals surface area contributed by atoms with E-state index in [1.54, 1.807) is 26.4 Å². The molecule has 30 heavy (non-hydrogen) atoms. The molecule has 2 aromatic rings. The average Bonchev–Trinajstić information content (AvgIpc) is 3.31. The summed E-state index contributed by atoms with van der Waals surface area (Å²) in [6.45, 7) is 0.585. The van der Waals surface area contributed by atoms with Crippen LogP contribution in [0.1, 0.15) is 11.1 Å². The highest BCUT2D eigenvalue weighted by molar-refractivity contribution is 8.14. The molecule has 1 aliphatic heterocycles. The first kappa shape index (κ1) is 21.4. The van der Waals surface area contributed by atoms with Crippen molar-refractivity contribution in [1.29, 1.82) is 0 Å². The van der Waals surface area contributed by atoms with E-state index in [1.165, 1.54) is 23.9 Å². The van der Waals surface area contributed by atoms with Gasteiger partial charge in [0.2, 0.25) is 0 Å². The van der Waals surface area contributed by atoms with Crippen molar-refractivity contribution in [2.75, 3.05) is 26.5 Å². The maximum absolute atomic E-state index is 12.8. The quantitative estimate of drug-likeness (QED) is 0.661. The predicted molar refractivity (Wildman–Crippen MR) is 121 cm³/mol. The minimum absolute atomic E-state index is 0.420. The Morgan fingerprint density at radius 1 is 0.867 bits per heavy atom. The smallest absolute Gasteiger partial charge is 0.259 e. The van der Waals surface area contributed by atoms with Gasteiger partial charge in [0.05, 0.1) is 20.8 Å². The number of thioether (sulfide) groups is 1. The number of imide groups is 1. The number of nitrogens with zero attached hydrogens (tertiary/aromatic N) is 2. The summed E-state index contributed by atoms with van der Waals surface area (Å²) in [5.41, 5.74) is 1.65. The molecule has 1 aliphatic rings. The van der Waals surface area contributed by atoms with Gasteiger partial charge in [-0.15, -0.1) is 0 Å². The Morgan fingerprint density at radius 2 is 1.33 bits per heavy atom.